The SMILES string of the molecule is Cc1ccccc1CN1CCc2ccc(C(=O)CCC3CCNCC3)cc2CC1. The van der Waals surface area contributed by atoms with Gasteiger partial charge in [0.2, 0.25) is 0 Å². The highest BCUT2D eigenvalue weighted by Gasteiger charge is 2.18. The Morgan fingerprint density at radius 2 is 1.79 bits per heavy atom. The van der Waals surface area contributed by atoms with Gasteiger partial charge in [0.05, 0.1) is 0 Å². The summed E-state index contributed by atoms with van der Waals surface area (Å²) in [7, 11) is 0. The van der Waals surface area contributed by atoms with Crippen LogP contribution >= 0.6 is 0 Å². The fraction of sp³-hybridized carbons (Fsp3) is 0.500. The molecule has 2 aliphatic heterocycles. The lowest BCUT2D eigenvalue weighted by molar-refractivity contribution is 0.0970. The lowest BCUT2D eigenvalue weighted by atomic mass is 9.90. The van der Waals surface area contributed by atoms with Gasteiger partial charge in [0.15, 0.2) is 5.78 Å². The Balaban J connectivity index is 1.35. The summed E-state index contributed by atoms with van der Waals surface area (Å²) in [6.45, 7) is 7.58. The Morgan fingerprint density at radius 1 is 1.03 bits per heavy atom. The monoisotopic (exact) mass is 390 g/mol. The van der Waals surface area contributed by atoms with Gasteiger partial charge < -0.3 is 5.32 Å². The number of carbonyl (C=O) groups is 1. The first kappa shape index (κ1) is 20.3. The first-order valence-corrected chi connectivity index (χ1v) is 11.3. The van der Waals surface area contributed by atoms with Crippen LogP contribution in [0.3, 0.4) is 0 Å². The van der Waals surface area contributed by atoms with Crippen molar-refractivity contribution in [3.63, 3.8) is 0 Å². The molecule has 0 spiro atoms. The second-order valence-corrected chi connectivity index (χ2v) is 8.84. The zero-order chi connectivity index (χ0) is 20.1. The van der Waals surface area contributed by atoms with E-state index in [0.29, 0.717) is 12.2 Å². The van der Waals surface area contributed by atoms with Crippen LogP contribution in [0.15, 0.2) is 42.5 Å². The van der Waals surface area contributed by atoms with E-state index in [9.17, 15) is 4.79 Å². The van der Waals surface area contributed by atoms with Crippen LogP contribution in [0, 0.1) is 12.8 Å². The second-order valence-electron chi connectivity index (χ2n) is 8.84. The van der Waals surface area contributed by atoms with Gasteiger partial charge in [-0.3, -0.25) is 9.69 Å². The number of Topliss-reactive ketones (excluding diaryl/α,β-unsaturated/α-hetero) is 1. The fourth-order valence-corrected chi connectivity index (χ4v) is 4.78. The minimum Gasteiger partial charge on any atom is -0.317 e. The van der Waals surface area contributed by atoms with E-state index in [0.717, 1.165) is 63.5 Å². The first-order valence-electron chi connectivity index (χ1n) is 11.3. The Morgan fingerprint density at radius 3 is 2.59 bits per heavy atom. The predicted molar refractivity (Wildman–Crippen MR) is 119 cm³/mol. The number of ketones is 1. The average Bonchev–Trinajstić information content (AvgIpc) is 2.96. The number of benzene rings is 2. The Hall–Kier alpha value is -1.97. The zero-order valence-corrected chi connectivity index (χ0v) is 17.8. The van der Waals surface area contributed by atoms with E-state index in [2.05, 4.69) is 59.6 Å². The van der Waals surface area contributed by atoms with Crippen LogP contribution in [0.5, 0.6) is 0 Å². The van der Waals surface area contributed by atoms with Gasteiger partial charge in [0, 0.05) is 31.6 Å². The number of hydrogen-bond donors (Lipinski definition) is 1. The van der Waals surface area contributed by atoms with Crippen molar-refractivity contribution in [3.8, 4) is 0 Å². The third-order valence-corrected chi connectivity index (χ3v) is 6.82. The molecule has 29 heavy (non-hydrogen) atoms. The Bertz CT molecular complexity index is 838. The molecule has 0 radical (unpaired) electrons. The molecule has 2 heterocycles. The van der Waals surface area contributed by atoms with Gasteiger partial charge in [0.25, 0.3) is 0 Å². The van der Waals surface area contributed by atoms with E-state index >= 15 is 0 Å². The van der Waals surface area contributed by atoms with Gasteiger partial charge in [-0.1, -0.05) is 36.4 Å². The van der Waals surface area contributed by atoms with Crippen LogP contribution in [0.1, 0.15) is 58.3 Å². The molecule has 0 unspecified atom stereocenters. The molecule has 154 valence electrons. The molecule has 0 atom stereocenters. The van der Waals surface area contributed by atoms with Gasteiger partial charge in [-0.25, -0.2) is 0 Å². The number of carbonyl (C=O) groups excluding carboxylic acids is 1. The van der Waals surface area contributed by atoms with Gasteiger partial charge in [-0.05, 0) is 86.4 Å². The molecule has 1 fully saturated rings. The maximum Gasteiger partial charge on any atom is 0.162 e. The van der Waals surface area contributed by atoms with Crippen LogP contribution in [-0.2, 0) is 19.4 Å². The first-order chi connectivity index (χ1) is 14.2. The largest absolute Gasteiger partial charge is 0.317 e. The lowest BCUT2D eigenvalue weighted by Crippen LogP contribution is -2.28. The van der Waals surface area contributed by atoms with Crippen molar-refractivity contribution in [3.05, 3.63) is 70.3 Å². The van der Waals surface area contributed by atoms with Gasteiger partial charge in [-0.2, -0.15) is 0 Å². The number of hydrogen-bond acceptors (Lipinski definition) is 3. The zero-order valence-electron chi connectivity index (χ0n) is 17.8. The van der Waals surface area contributed by atoms with Crippen LogP contribution in [0.2, 0.25) is 0 Å². The molecular weight excluding hydrogens is 356 g/mol. The number of piperidine rings is 1. The fourth-order valence-electron chi connectivity index (χ4n) is 4.78. The summed E-state index contributed by atoms with van der Waals surface area (Å²) in [5.41, 5.74) is 6.52. The molecule has 0 bridgehead atoms. The molecule has 4 rings (SSSR count). The molecular formula is C26H34N2O. The van der Waals surface area contributed by atoms with E-state index in [1.54, 1.807) is 0 Å². The van der Waals surface area contributed by atoms with Gasteiger partial charge in [-0.15, -0.1) is 0 Å². The Kier molecular flexibility index (Phi) is 6.78. The molecule has 2 aliphatic rings. The maximum absolute atomic E-state index is 12.8. The summed E-state index contributed by atoms with van der Waals surface area (Å²) in [5.74, 6) is 1.04. The summed E-state index contributed by atoms with van der Waals surface area (Å²) < 4.78 is 0. The van der Waals surface area contributed by atoms with Crippen molar-refractivity contribution in [2.45, 2.75) is 52.0 Å². The highest BCUT2D eigenvalue weighted by atomic mass is 16.1. The third-order valence-electron chi connectivity index (χ3n) is 6.82. The second kappa shape index (κ2) is 9.69. The standard InChI is InChI=1S/C26H34N2O/c1-20-4-2-3-5-25(20)19-28-16-12-22-7-8-24(18-23(22)13-17-28)26(29)9-6-21-10-14-27-15-11-21/h2-5,7-8,18,21,27H,6,9-17,19H2,1H3. The van der Waals surface area contributed by atoms with Crippen molar-refractivity contribution in [1.29, 1.82) is 0 Å². The molecule has 1 N–H and O–H groups in total. The molecule has 0 aliphatic carbocycles. The van der Waals surface area contributed by atoms with Gasteiger partial charge >= 0.3 is 0 Å². The molecule has 3 nitrogen and oxygen atoms in total. The van der Waals surface area contributed by atoms with Crippen LogP contribution < -0.4 is 5.32 Å². The van der Waals surface area contributed by atoms with Crippen molar-refractivity contribution in [2.24, 2.45) is 5.92 Å². The predicted octanol–water partition coefficient (Wildman–Crippen LogP) is 4.56. The molecule has 0 saturated carbocycles. The van der Waals surface area contributed by atoms with Crippen molar-refractivity contribution in [1.82, 2.24) is 10.2 Å². The Labute approximate surface area is 175 Å². The highest BCUT2D eigenvalue weighted by Crippen LogP contribution is 2.23. The highest BCUT2D eigenvalue weighted by molar-refractivity contribution is 5.96. The topological polar surface area (TPSA) is 32.3 Å². The third kappa shape index (κ3) is 5.34. The normalized spacial score (nSPS) is 18.2. The van der Waals surface area contributed by atoms with Crippen molar-refractivity contribution in [2.75, 3.05) is 26.2 Å². The molecule has 0 aromatic heterocycles. The molecule has 1 saturated heterocycles. The number of aryl methyl sites for hydroxylation is 1. The van der Waals surface area contributed by atoms with Crippen molar-refractivity contribution < 1.29 is 4.79 Å². The van der Waals surface area contributed by atoms with E-state index in [4.69, 9.17) is 0 Å². The molecule has 2 aromatic carbocycles. The lowest BCUT2D eigenvalue weighted by Gasteiger charge is -2.22. The van der Waals surface area contributed by atoms with E-state index < -0.39 is 0 Å². The number of rotatable bonds is 6. The number of nitrogens with one attached hydrogen (secondary N) is 1. The minimum absolute atomic E-state index is 0.326. The van der Waals surface area contributed by atoms with Gasteiger partial charge in [0.1, 0.15) is 0 Å². The van der Waals surface area contributed by atoms with E-state index in [1.165, 1.54) is 35.1 Å². The number of nitrogens with zero attached hydrogens (tertiary/aromatic N) is 1. The maximum atomic E-state index is 12.8. The summed E-state index contributed by atoms with van der Waals surface area (Å²) in [5, 5.41) is 3.41. The number of fused-ring (bicyclic) bond motifs is 1. The quantitative estimate of drug-likeness (QED) is 0.734. The smallest absolute Gasteiger partial charge is 0.162 e. The van der Waals surface area contributed by atoms with Crippen molar-refractivity contribution >= 4 is 5.78 Å². The van der Waals surface area contributed by atoms with E-state index in [-0.39, 0.29) is 0 Å². The van der Waals surface area contributed by atoms with Crippen LogP contribution in [-0.4, -0.2) is 36.9 Å². The van der Waals surface area contributed by atoms with E-state index in [1.807, 2.05) is 0 Å². The minimum atomic E-state index is 0.326. The summed E-state index contributed by atoms with van der Waals surface area (Å²) in [6, 6.07) is 15.2. The van der Waals surface area contributed by atoms with Crippen LogP contribution in [0.25, 0.3) is 0 Å². The average molecular weight is 391 g/mol. The summed E-state index contributed by atoms with van der Waals surface area (Å²) in [6.07, 6.45) is 6.29. The molecule has 0 amide bonds. The van der Waals surface area contributed by atoms with Crippen LogP contribution in [0.4, 0.5) is 0 Å². The summed E-state index contributed by atoms with van der Waals surface area (Å²) in [4.78, 5) is 15.3. The molecule has 2 aromatic rings. The molecule has 3 heteroatoms. The summed E-state index contributed by atoms with van der Waals surface area (Å²) >= 11 is 0.